The number of rotatable bonds is 3. The molecule has 0 aliphatic heterocycles. The molecular weight excluding hydrogens is 356 g/mol. The molecule has 0 aromatic heterocycles. The number of carbonyl (C=O) groups excluding carboxylic acids is 3. The van der Waals surface area contributed by atoms with Crippen molar-refractivity contribution in [3.05, 3.63) is 35.5 Å². The van der Waals surface area contributed by atoms with Gasteiger partial charge in [0.15, 0.2) is 11.4 Å². The van der Waals surface area contributed by atoms with Gasteiger partial charge < -0.3 is 9.84 Å². The van der Waals surface area contributed by atoms with E-state index in [1.165, 1.54) is 18.1 Å². The lowest BCUT2D eigenvalue weighted by Crippen LogP contribution is -2.57. The molecule has 28 heavy (non-hydrogen) atoms. The predicted molar refractivity (Wildman–Crippen MR) is 103 cm³/mol. The van der Waals surface area contributed by atoms with Crippen LogP contribution in [0, 0.1) is 22.7 Å². The molecule has 5 heteroatoms. The third-order valence-corrected chi connectivity index (χ3v) is 7.98. The summed E-state index contributed by atoms with van der Waals surface area (Å²) in [6.07, 6.45) is 11.3. The second kappa shape index (κ2) is 6.24. The first-order valence-corrected chi connectivity index (χ1v) is 10.2. The van der Waals surface area contributed by atoms with Crippen LogP contribution in [0.5, 0.6) is 0 Å². The smallest absolute Gasteiger partial charge is 0.303 e. The molecule has 2 unspecified atom stereocenters. The number of esters is 1. The maximum atomic E-state index is 12.8. The molecule has 4 rings (SSSR count). The molecule has 5 nitrogen and oxygen atoms in total. The SMILES string of the molecule is CC(=O)O[C@]1(C(=O)CO)CCC2C3CCC4=CC(=O)C=C[C@]4(C)C3=CC[C@@]21C. The highest BCUT2D eigenvalue weighted by Gasteiger charge is 2.66. The van der Waals surface area contributed by atoms with Gasteiger partial charge in [-0.2, -0.15) is 0 Å². The average Bonchev–Trinajstić information content (AvgIpc) is 2.94. The van der Waals surface area contributed by atoms with E-state index in [0.717, 1.165) is 19.3 Å². The minimum atomic E-state index is -1.25. The normalized spacial score (nSPS) is 41.4. The number of ether oxygens (including phenoxy) is 1. The number of aliphatic hydroxyl groups is 1. The largest absolute Gasteiger partial charge is 0.451 e. The van der Waals surface area contributed by atoms with Gasteiger partial charge in [0.25, 0.3) is 0 Å². The van der Waals surface area contributed by atoms with Crippen LogP contribution in [0.4, 0.5) is 0 Å². The Balaban J connectivity index is 1.78. The molecule has 1 N–H and O–H groups in total. The van der Waals surface area contributed by atoms with Crippen molar-refractivity contribution in [2.24, 2.45) is 22.7 Å². The van der Waals surface area contributed by atoms with E-state index >= 15 is 0 Å². The summed E-state index contributed by atoms with van der Waals surface area (Å²) in [5.74, 6) is -0.340. The molecule has 150 valence electrons. The lowest BCUT2D eigenvalue weighted by atomic mass is 9.51. The van der Waals surface area contributed by atoms with E-state index in [0.29, 0.717) is 12.8 Å². The van der Waals surface area contributed by atoms with Crippen LogP contribution in [0.2, 0.25) is 0 Å². The Morgan fingerprint density at radius 1 is 1.29 bits per heavy atom. The van der Waals surface area contributed by atoms with Gasteiger partial charge in [-0.25, -0.2) is 0 Å². The molecule has 0 amide bonds. The Kier molecular flexibility index (Phi) is 4.31. The van der Waals surface area contributed by atoms with Gasteiger partial charge in [0.2, 0.25) is 5.78 Å². The molecule has 0 bridgehead atoms. The first kappa shape index (κ1) is 19.3. The van der Waals surface area contributed by atoms with Crippen LogP contribution in [0.1, 0.15) is 52.9 Å². The fourth-order valence-electron chi connectivity index (χ4n) is 6.57. The zero-order chi connectivity index (χ0) is 20.3. The fourth-order valence-corrected chi connectivity index (χ4v) is 6.57. The number of Topliss-reactive ketones (excluding diaryl/α,β-unsaturated/α-hetero) is 1. The Hall–Kier alpha value is -2.01. The highest BCUT2D eigenvalue weighted by molar-refractivity contribution is 6.01. The number of aliphatic hydroxyl groups excluding tert-OH is 1. The number of carbonyl (C=O) groups is 3. The molecule has 0 spiro atoms. The molecule has 0 aromatic rings. The third-order valence-electron chi connectivity index (χ3n) is 7.98. The summed E-state index contributed by atoms with van der Waals surface area (Å²) in [4.78, 5) is 36.5. The van der Waals surface area contributed by atoms with E-state index in [2.05, 4.69) is 13.0 Å². The molecule has 4 aliphatic rings. The number of allylic oxidation sites excluding steroid dienone is 6. The minimum Gasteiger partial charge on any atom is -0.451 e. The molecule has 0 saturated heterocycles. The lowest BCUT2D eigenvalue weighted by Gasteiger charge is -2.54. The van der Waals surface area contributed by atoms with Crippen LogP contribution >= 0.6 is 0 Å². The summed E-state index contributed by atoms with van der Waals surface area (Å²) in [5, 5.41) is 9.63. The first-order valence-electron chi connectivity index (χ1n) is 10.2. The minimum absolute atomic E-state index is 0.0513. The van der Waals surface area contributed by atoms with Crippen molar-refractivity contribution in [3.8, 4) is 0 Å². The van der Waals surface area contributed by atoms with Gasteiger partial charge in [-0.3, -0.25) is 14.4 Å². The standard InChI is InChI=1S/C23H28O5/c1-14(25)28-23(20(27)13-24)11-8-19-17-5-4-15-12-16(26)6-9-21(15,2)18(17)7-10-22(19,23)3/h6-7,9,12,17,19,24H,4-5,8,10-11,13H2,1-3H3/t17?,19?,21-,22-,23-/m0/s1. The fraction of sp³-hybridized carbons (Fsp3) is 0.609. The second-order valence-electron chi connectivity index (χ2n) is 9.18. The number of hydrogen-bond donors (Lipinski definition) is 1. The maximum Gasteiger partial charge on any atom is 0.303 e. The zero-order valence-corrected chi connectivity index (χ0v) is 16.8. The second-order valence-corrected chi connectivity index (χ2v) is 9.18. The van der Waals surface area contributed by atoms with Crippen LogP contribution in [0.25, 0.3) is 0 Å². The van der Waals surface area contributed by atoms with Crippen molar-refractivity contribution in [2.75, 3.05) is 6.61 Å². The van der Waals surface area contributed by atoms with Crippen molar-refractivity contribution in [1.29, 1.82) is 0 Å². The molecule has 2 saturated carbocycles. The Bertz CT molecular complexity index is 849. The number of fused-ring (bicyclic) bond motifs is 5. The van der Waals surface area contributed by atoms with Crippen molar-refractivity contribution in [3.63, 3.8) is 0 Å². The van der Waals surface area contributed by atoms with Gasteiger partial charge in [0.1, 0.15) is 6.61 Å². The van der Waals surface area contributed by atoms with E-state index in [-0.39, 0.29) is 23.0 Å². The highest BCUT2D eigenvalue weighted by Crippen LogP contribution is 2.65. The Morgan fingerprint density at radius 2 is 2.04 bits per heavy atom. The number of hydrogen-bond acceptors (Lipinski definition) is 5. The van der Waals surface area contributed by atoms with Gasteiger partial charge in [-0.15, -0.1) is 0 Å². The summed E-state index contributed by atoms with van der Waals surface area (Å²) in [7, 11) is 0. The van der Waals surface area contributed by atoms with Crippen LogP contribution in [-0.4, -0.2) is 34.9 Å². The van der Waals surface area contributed by atoms with Crippen LogP contribution < -0.4 is 0 Å². The van der Waals surface area contributed by atoms with E-state index in [9.17, 15) is 19.5 Å². The summed E-state index contributed by atoms with van der Waals surface area (Å²) >= 11 is 0. The Morgan fingerprint density at radius 3 is 2.71 bits per heavy atom. The monoisotopic (exact) mass is 384 g/mol. The van der Waals surface area contributed by atoms with Gasteiger partial charge in [0.05, 0.1) is 0 Å². The van der Waals surface area contributed by atoms with Gasteiger partial charge in [-0.1, -0.05) is 30.2 Å². The molecular formula is C23H28O5. The zero-order valence-electron chi connectivity index (χ0n) is 16.8. The number of ketones is 2. The van der Waals surface area contributed by atoms with E-state index in [4.69, 9.17) is 4.74 Å². The van der Waals surface area contributed by atoms with Crippen molar-refractivity contribution in [1.82, 2.24) is 0 Å². The predicted octanol–water partition coefficient (Wildman–Crippen LogP) is 3.08. The topological polar surface area (TPSA) is 80.7 Å². The summed E-state index contributed by atoms with van der Waals surface area (Å²) < 4.78 is 5.70. The highest BCUT2D eigenvalue weighted by atomic mass is 16.6. The van der Waals surface area contributed by atoms with Crippen molar-refractivity contribution < 1.29 is 24.2 Å². The lowest BCUT2D eigenvalue weighted by molar-refractivity contribution is -0.182. The quantitative estimate of drug-likeness (QED) is 0.597. The van der Waals surface area contributed by atoms with Crippen molar-refractivity contribution in [2.45, 2.75) is 58.5 Å². The van der Waals surface area contributed by atoms with E-state index in [1.54, 1.807) is 12.2 Å². The van der Waals surface area contributed by atoms with Crippen LogP contribution in [-0.2, 0) is 19.1 Å². The van der Waals surface area contributed by atoms with E-state index < -0.39 is 29.4 Å². The van der Waals surface area contributed by atoms with Crippen LogP contribution in [0.15, 0.2) is 35.5 Å². The molecule has 2 fully saturated rings. The maximum absolute atomic E-state index is 12.8. The van der Waals surface area contributed by atoms with Gasteiger partial charge in [0, 0.05) is 17.8 Å². The van der Waals surface area contributed by atoms with Gasteiger partial charge >= 0.3 is 5.97 Å². The summed E-state index contributed by atoms with van der Waals surface area (Å²) in [6, 6.07) is 0. The first-order chi connectivity index (χ1) is 13.2. The third kappa shape index (κ3) is 2.38. The molecule has 4 aliphatic carbocycles. The molecule has 0 aromatic carbocycles. The molecule has 0 heterocycles. The van der Waals surface area contributed by atoms with Gasteiger partial charge in [-0.05, 0) is 63.0 Å². The van der Waals surface area contributed by atoms with E-state index in [1.807, 2.05) is 13.0 Å². The van der Waals surface area contributed by atoms with Crippen LogP contribution in [0.3, 0.4) is 0 Å². The summed E-state index contributed by atoms with van der Waals surface area (Å²) in [5.41, 5.74) is 0.466. The summed E-state index contributed by atoms with van der Waals surface area (Å²) in [6.45, 7) is 4.93. The Labute approximate surface area is 165 Å². The molecule has 5 atom stereocenters. The van der Waals surface area contributed by atoms with Crippen molar-refractivity contribution >= 4 is 17.5 Å². The molecule has 0 radical (unpaired) electrons. The average molecular weight is 384 g/mol.